The molecule has 3 amide bonds. The molecule has 1 radical (unpaired) electrons. The lowest BCUT2D eigenvalue weighted by molar-refractivity contribution is -0.117. The van der Waals surface area contributed by atoms with Crippen LogP contribution < -0.4 is 10.6 Å². The number of amides is 3. The van der Waals surface area contributed by atoms with Crippen molar-refractivity contribution in [3.8, 4) is 0 Å². The van der Waals surface area contributed by atoms with Crippen LogP contribution in [-0.2, 0) is 4.79 Å². The van der Waals surface area contributed by atoms with Gasteiger partial charge in [0.2, 0.25) is 0 Å². The van der Waals surface area contributed by atoms with Gasteiger partial charge in [0.25, 0.3) is 5.91 Å². The molecule has 0 saturated carbocycles. The highest BCUT2D eigenvalue weighted by atomic mass is 16.2. The first-order valence-electron chi connectivity index (χ1n) is 3.37. The largest absolute Gasteiger partial charge is 0.347 e. The molecule has 0 spiro atoms. The van der Waals surface area contributed by atoms with E-state index in [0.29, 0.717) is 5.57 Å². The lowest BCUT2D eigenvalue weighted by Gasteiger charge is -2.13. The van der Waals surface area contributed by atoms with E-state index >= 15 is 0 Å². The average molecular weight is 153 g/mol. The summed E-state index contributed by atoms with van der Waals surface area (Å²) in [7, 11) is 0. The molecule has 1 rings (SSSR count). The van der Waals surface area contributed by atoms with Crippen molar-refractivity contribution in [1.82, 2.24) is 10.6 Å². The smallest absolute Gasteiger partial charge is 0.272 e. The second-order valence-electron chi connectivity index (χ2n) is 2.63. The second-order valence-corrected chi connectivity index (χ2v) is 2.63. The summed E-state index contributed by atoms with van der Waals surface area (Å²) in [6.07, 6.45) is 1.33. The highest BCUT2D eigenvalue weighted by molar-refractivity contribution is 6.06. The van der Waals surface area contributed by atoms with Crippen LogP contribution >= 0.6 is 0 Å². The quantitative estimate of drug-likeness (QED) is 0.592. The zero-order valence-electron chi connectivity index (χ0n) is 6.42. The summed E-state index contributed by atoms with van der Waals surface area (Å²) < 4.78 is 0. The van der Waals surface area contributed by atoms with Crippen molar-refractivity contribution in [3.63, 3.8) is 0 Å². The molecular formula is C7H9N2O2. The van der Waals surface area contributed by atoms with Gasteiger partial charge in [0.15, 0.2) is 0 Å². The molecule has 0 bridgehead atoms. The van der Waals surface area contributed by atoms with Crippen LogP contribution in [0.5, 0.6) is 0 Å². The van der Waals surface area contributed by atoms with Gasteiger partial charge in [-0.3, -0.25) is 10.1 Å². The molecule has 11 heavy (non-hydrogen) atoms. The molecule has 4 heteroatoms. The van der Waals surface area contributed by atoms with Gasteiger partial charge in [-0.15, -0.1) is 0 Å². The van der Waals surface area contributed by atoms with Crippen molar-refractivity contribution in [1.29, 1.82) is 0 Å². The summed E-state index contributed by atoms with van der Waals surface area (Å²) in [5.74, 6) is -0.230. The molecule has 1 aliphatic heterocycles. The van der Waals surface area contributed by atoms with Gasteiger partial charge in [0.1, 0.15) is 0 Å². The van der Waals surface area contributed by atoms with Crippen LogP contribution in [0.3, 0.4) is 0 Å². The molecule has 59 valence electrons. The van der Waals surface area contributed by atoms with Crippen LogP contribution in [0.2, 0.25) is 0 Å². The Morgan fingerprint density at radius 1 is 1.45 bits per heavy atom. The second kappa shape index (κ2) is 2.74. The number of carbonyl (C=O) groups excluding carboxylic acids is 2. The number of rotatable bonds is 1. The van der Waals surface area contributed by atoms with Gasteiger partial charge in [-0.1, -0.05) is 13.8 Å². The van der Waals surface area contributed by atoms with Crippen LogP contribution in [0.15, 0.2) is 11.8 Å². The summed E-state index contributed by atoms with van der Waals surface area (Å²) in [6, 6.07) is -0.584. The van der Waals surface area contributed by atoms with Crippen LogP contribution in [0.4, 0.5) is 4.79 Å². The third-order valence-corrected chi connectivity index (χ3v) is 1.43. The number of urea groups is 1. The lowest BCUT2D eigenvalue weighted by atomic mass is 10.0. The molecule has 0 aromatic rings. The molecule has 0 saturated heterocycles. The highest BCUT2D eigenvalue weighted by Crippen LogP contribution is 2.10. The van der Waals surface area contributed by atoms with E-state index < -0.39 is 6.03 Å². The van der Waals surface area contributed by atoms with Gasteiger partial charge in [0, 0.05) is 11.8 Å². The first-order chi connectivity index (χ1) is 5.11. The van der Waals surface area contributed by atoms with Gasteiger partial charge in [-0.05, 0) is 5.92 Å². The summed E-state index contributed by atoms with van der Waals surface area (Å²) in [6.45, 7) is 3.74. The molecule has 0 unspecified atom stereocenters. The molecule has 1 N–H and O–H groups in total. The Balaban J connectivity index is 2.81. The van der Waals surface area contributed by atoms with Gasteiger partial charge in [-0.2, -0.15) is 0 Å². The molecule has 0 aromatic carbocycles. The summed E-state index contributed by atoms with van der Waals surface area (Å²) >= 11 is 0. The van der Waals surface area contributed by atoms with Crippen LogP contribution in [-0.4, -0.2) is 11.9 Å². The molecule has 0 aliphatic carbocycles. The SMILES string of the molecule is CC(C)C1=C[N]C(=O)NC1=O. The Hall–Kier alpha value is -1.32. The molecule has 4 nitrogen and oxygen atoms in total. The molecule has 1 heterocycles. The molecule has 1 aliphatic rings. The number of imide groups is 1. The maximum Gasteiger partial charge on any atom is 0.347 e. The van der Waals surface area contributed by atoms with Gasteiger partial charge < -0.3 is 0 Å². The first kappa shape index (κ1) is 7.78. The van der Waals surface area contributed by atoms with E-state index in [4.69, 9.17) is 0 Å². The van der Waals surface area contributed by atoms with E-state index in [1.165, 1.54) is 6.20 Å². The Morgan fingerprint density at radius 2 is 2.09 bits per heavy atom. The zero-order chi connectivity index (χ0) is 8.43. The van der Waals surface area contributed by atoms with Crippen molar-refractivity contribution >= 4 is 11.9 Å². The zero-order valence-corrected chi connectivity index (χ0v) is 6.42. The van der Waals surface area contributed by atoms with Gasteiger partial charge in [0.05, 0.1) is 0 Å². The minimum Gasteiger partial charge on any atom is -0.272 e. The van der Waals surface area contributed by atoms with Crippen LogP contribution in [0.25, 0.3) is 0 Å². The Kier molecular flexibility index (Phi) is 1.94. The Labute approximate surface area is 64.7 Å². The molecule has 0 aromatic heterocycles. The number of hydrogen-bond acceptors (Lipinski definition) is 2. The number of nitrogens with one attached hydrogen (secondary N) is 1. The fraction of sp³-hybridized carbons (Fsp3) is 0.429. The normalized spacial score (nSPS) is 17.5. The molecule has 0 fully saturated rings. The summed E-state index contributed by atoms with van der Waals surface area (Å²) in [4.78, 5) is 21.5. The fourth-order valence-corrected chi connectivity index (χ4v) is 0.800. The minimum absolute atomic E-state index is 0.104. The van der Waals surface area contributed by atoms with Crippen LogP contribution in [0, 0.1) is 5.92 Å². The Bertz CT molecular complexity index is 231. The van der Waals surface area contributed by atoms with Gasteiger partial charge in [-0.25, -0.2) is 10.1 Å². The van der Waals surface area contributed by atoms with E-state index in [1.807, 2.05) is 13.8 Å². The lowest BCUT2D eigenvalue weighted by Crippen LogP contribution is -2.40. The van der Waals surface area contributed by atoms with Crippen LogP contribution in [0.1, 0.15) is 13.8 Å². The number of hydrogen-bond donors (Lipinski definition) is 1. The minimum atomic E-state index is -0.584. The summed E-state index contributed by atoms with van der Waals surface area (Å²) in [5, 5.41) is 5.55. The van der Waals surface area contributed by atoms with E-state index in [2.05, 4.69) is 10.6 Å². The predicted octanol–water partition coefficient (Wildman–Crippen LogP) is 0.380. The molecular weight excluding hydrogens is 144 g/mol. The monoisotopic (exact) mass is 153 g/mol. The average Bonchev–Trinajstić information content (AvgIpc) is 1.85. The number of nitrogens with zero attached hydrogens (tertiary/aromatic N) is 1. The van der Waals surface area contributed by atoms with Gasteiger partial charge >= 0.3 is 6.03 Å². The highest BCUT2D eigenvalue weighted by Gasteiger charge is 2.20. The van der Waals surface area contributed by atoms with Crippen molar-refractivity contribution < 1.29 is 9.59 Å². The van der Waals surface area contributed by atoms with Crippen molar-refractivity contribution in [2.75, 3.05) is 0 Å². The Morgan fingerprint density at radius 3 is 2.55 bits per heavy atom. The van der Waals surface area contributed by atoms with Crippen molar-refractivity contribution in [3.05, 3.63) is 11.8 Å². The number of carbonyl (C=O) groups is 2. The third kappa shape index (κ3) is 1.58. The topological polar surface area (TPSA) is 60.3 Å². The fourth-order valence-electron chi connectivity index (χ4n) is 0.800. The van der Waals surface area contributed by atoms with Crippen molar-refractivity contribution in [2.24, 2.45) is 5.92 Å². The first-order valence-corrected chi connectivity index (χ1v) is 3.37. The predicted molar refractivity (Wildman–Crippen MR) is 38.6 cm³/mol. The van der Waals surface area contributed by atoms with E-state index in [9.17, 15) is 9.59 Å². The third-order valence-electron chi connectivity index (χ3n) is 1.43. The summed E-state index contributed by atoms with van der Waals surface area (Å²) in [5.41, 5.74) is 0.546. The standard InChI is InChI=1S/C7H9N2O2/c1-4(2)5-3-8-7(11)9-6(5)10/h3-4H,1-2H3,(H,9,10,11). The van der Waals surface area contributed by atoms with E-state index in [0.717, 1.165) is 0 Å². The maximum atomic E-state index is 11.0. The maximum absolute atomic E-state index is 11.0. The van der Waals surface area contributed by atoms with Crippen molar-refractivity contribution in [2.45, 2.75) is 13.8 Å². The van der Waals surface area contributed by atoms with E-state index in [-0.39, 0.29) is 11.8 Å². The van der Waals surface area contributed by atoms with E-state index in [1.54, 1.807) is 0 Å². The molecule has 0 atom stereocenters.